The molecule has 0 spiro atoms. The lowest BCUT2D eigenvalue weighted by Crippen LogP contribution is -2.56. The number of esters is 1. The third-order valence-corrected chi connectivity index (χ3v) is 7.04. The van der Waals surface area contributed by atoms with Crippen LogP contribution in [0.5, 0.6) is 0 Å². The van der Waals surface area contributed by atoms with Crippen molar-refractivity contribution in [2.24, 2.45) is 4.99 Å². The molecule has 1 unspecified atom stereocenters. The highest BCUT2D eigenvalue weighted by Crippen LogP contribution is 2.33. The Bertz CT molecular complexity index is 1530. The van der Waals surface area contributed by atoms with Gasteiger partial charge in [0.1, 0.15) is 24.4 Å². The minimum absolute atomic E-state index is 0.257. The van der Waals surface area contributed by atoms with Gasteiger partial charge >= 0.3 is 5.97 Å². The average Bonchev–Trinajstić information content (AvgIpc) is 3.51. The van der Waals surface area contributed by atoms with Crippen LogP contribution < -0.4 is 0 Å². The van der Waals surface area contributed by atoms with Gasteiger partial charge in [0.15, 0.2) is 0 Å². The van der Waals surface area contributed by atoms with Crippen LogP contribution in [0.15, 0.2) is 71.9 Å². The lowest BCUT2D eigenvalue weighted by atomic mass is 9.98. The van der Waals surface area contributed by atoms with Gasteiger partial charge in [0, 0.05) is 23.6 Å². The molecule has 0 amide bonds. The molecule has 3 aromatic carbocycles. The zero-order chi connectivity index (χ0) is 25.7. The molecule has 1 saturated heterocycles. The predicted octanol–water partition coefficient (Wildman–Crippen LogP) is 2.21. The molecule has 0 bridgehead atoms. The molecule has 1 aromatic heterocycles. The molecular formula is C28H26N2O7. The van der Waals surface area contributed by atoms with E-state index in [1.54, 1.807) is 12.1 Å². The molecule has 5 atom stereocenters. The number of fused-ring (bicyclic) bond motifs is 3. The van der Waals surface area contributed by atoms with Crippen LogP contribution in [0.4, 0.5) is 0 Å². The van der Waals surface area contributed by atoms with Crippen LogP contribution in [-0.2, 0) is 20.8 Å². The van der Waals surface area contributed by atoms with Crippen LogP contribution in [0, 0.1) is 0 Å². The van der Waals surface area contributed by atoms with Crippen molar-refractivity contribution in [3.8, 4) is 0 Å². The summed E-state index contributed by atoms with van der Waals surface area (Å²) in [4.78, 5) is 16.8. The summed E-state index contributed by atoms with van der Waals surface area (Å²) in [5.74, 6) is -0.184. The number of nitrogens with zero attached hydrogens (tertiary/aromatic N) is 2. The van der Waals surface area contributed by atoms with Crippen molar-refractivity contribution in [3.05, 3.63) is 83.6 Å². The van der Waals surface area contributed by atoms with E-state index in [4.69, 9.17) is 14.2 Å². The van der Waals surface area contributed by atoms with Crippen molar-refractivity contribution < 1.29 is 34.3 Å². The van der Waals surface area contributed by atoms with E-state index in [1.807, 2.05) is 29.0 Å². The fourth-order valence-electron chi connectivity index (χ4n) is 5.08. The van der Waals surface area contributed by atoms with Crippen LogP contribution in [0.1, 0.15) is 21.5 Å². The van der Waals surface area contributed by atoms with E-state index in [0.29, 0.717) is 17.7 Å². The number of hydrogen-bond acceptors (Lipinski definition) is 8. The first-order valence-electron chi connectivity index (χ1n) is 12.0. The second-order valence-electron chi connectivity index (χ2n) is 9.33. The van der Waals surface area contributed by atoms with Crippen LogP contribution in [0.3, 0.4) is 0 Å². The molecule has 3 N–H and O–H groups in total. The van der Waals surface area contributed by atoms with E-state index in [0.717, 1.165) is 27.2 Å². The summed E-state index contributed by atoms with van der Waals surface area (Å²) in [6, 6.07) is 18.8. The van der Waals surface area contributed by atoms with Gasteiger partial charge in [-0.25, -0.2) is 9.79 Å². The summed E-state index contributed by atoms with van der Waals surface area (Å²) >= 11 is 0. The normalized spacial score (nSPS) is 25.1. The quantitative estimate of drug-likeness (QED) is 0.358. The van der Waals surface area contributed by atoms with Crippen LogP contribution >= 0.6 is 0 Å². The number of rotatable bonds is 5. The zero-order valence-electron chi connectivity index (χ0n) is 20.0. The summed E-state index contributed by atoms with van der Waals surface area (Å²) in [5.41, 5.74) is 2.92. The zero-order valence-corrected chi connectivity index (χ0v) is 20.0. The Morgan fingerprint density at radius 1 is 1.05 bits per heavy atom. The summed E-state index contributed by atoms with van der Waals surface area (Å²) in [6.07, 6.45) is -2.54. The van der Waals surface area contributed by atoms with E-state index < -0.39 is 43.2 Å². The third kappa shape index (κ3) is 4.06. The number of aliphatic imine (C=N–C) groups is 1. The molecular weight excluding hydrogens is 476 g/mol. The largest absolute Gasteiger partial charge is 0.465 e. The molecule has 1 fully saturated rings. The first-order chi connectivity index (χ1) is 18.0. The summed E-state index contributed by atoms with van der Waals surface area (Å²) in [7, 11) is 1.34. The predicted molar refractivity (Wildman–Crippen MR) is 135 cm³/mol. The van der Waals surface area contributed by atoms with E-state index in [2.05, 4.69) is 35.3 Å². The van der Waals surface area contributed by atoms with E-state index in [9.17, 15) is 20.1 Å². The molecule has 2 aliphatic heterocycles. The van der Waals surface area contributed by atoms with Gasteiger partial charge in [0.2, 0.25) is 12.2 Å². The van der Waals surface area contributed by atoms with Crippen molar-refractivity contribution in [1.82, 2.24) is 4.57 Å². The highest BCUT2D eigenvalue weighted by molar-refractivity contribution is 6.09. The fourth-order valence-corrected chi connectivity index (χ4v) is 5.08. The molecule has 37 heavy (non-hydrogen) atoms. The van der Waals surface area contributed by atoms with Crippen molar-refractivity contribution >= 4 is 33.5 Å². The highest BCUT2D eigenvalue weighted by atomic mass is 16.7. The molecule has 3 heterocycles. The maximum Gasteiger partial charge on any atom is 0.337 e. The van der Waals surface area contributed by atoms with Crippen molar-refractivity contribution in [2.75, 3.05) is 13.7 Å². The van der Waals surface area contributed by atoms with Gasteiger partial charge in [0.05, 0.1) is 24.8 Å². The Labute approximate surface area is 212 Å². The molecule has 0 saturated carbocycles. The van der Waals surface area contributed by atoms with Gasteiger partial charge in [-0.1, -0.05) is 42.5 Å². The van der Waals surface area contributed by atoms with Gasteiger partial charge < -0.3 is 34.1 Å². The minimum atomic E-state index is -1.28. The summed E-state index contributed by atoms with van der Waals surface area (Å²) in [6.45, 7) is 0.0675. The fraction of sp³-hybridized carbons (Fsp3) is 0.286. The number of aliphatic hydroxyl groups excluding tert-OH is 3. The Morgan fingerprint density at radius 3 is 2.65 bits per heavy atom. The number of hydrogen-bond donors (Lipinski definition) is 3. The molecule has 9 heteroatoms. The Kier molecular flexibility index (Phi) is 5.92. The third-order valence-electron chi connectivity index (χ3n) is 7.04. The Morgan fingerprint density at radius 2 is 1.86 bits per heavy atom. The smallest absolute Gasteiger partial charge is 0.337 e. The summed E-state index contributed by atoms with van der Waals surface area (Å²) in [5, 5.41) is 33.4. The van der Waals surface area contributed by atoms with Crippen LogP contribution in [0.2, 0.25) is 0 Å². The van der Waals surface area contributed by atoms with Crippen molar-refractivity contribution in [1.29, 1.82) is 0 Å². The van der Waals surface area contributed by atoms with Crippen LogP contribution in [0.25, 0.3) is 21.7 Å². The molecule has 2 aliphatic rings. The van der Waals surface area contributed by atoms with E-state index in [1.165, 1.54) is 7.11 Å². The van der Waals surface area contributed by atoms with Gasteiger partial charge in [-0.3, -0.25) is 0 Å². The monoisotopic (exact) mass is 502 g/mol. The second kappa shape index (κ2) is 9.28. The number of methoxy groups -OCH3 is 1. The number of aliphatic hydroxyl groups is 3. The number of ether oxygens (including phenoxy) is 3. The van der Waals surface area contributed by atoms with Crippen molar-refractivity contribution in [2.45, 2.75) is 37.2 Å². The number of aromatic nitrogens is 1. The molecule has 0 radical (unpaired) electrons. The number of benzene rings is 3. The first kappa shape index (κ1) is 23.6. The Hall–Kier alpha value is -3.76. The first-order valence-corrected chi connectivity index (χ1v) is 12.0. The van der Waals surface area contributed by atoms with Crippen LogP contribution in [-0.4, -0.2) is 76.1 Å². The standard InChI is InChI=1S/C28H26N2O7/c1-35-27(34)18-8-9-19-20(26-29-23-25(33)24(32)22(14-31)36-28(23)37-26)13-30(21(19)11-18)12-15-6-7-16-4-2-3-5-17(16)10-15/h2-11,13,22-25,28,31-33H,12,14H2,1H3/t22-,23-,24-,25?,28-/m1/s1. The highest BCUT2D eigenvalue weighted by Gasteiger charge is 2.49. The van der Waals surface area contributed by atoms with Gasteiger partial charge in [-0.15, -0.1) is 0 Å². The minimum Gasteiger partial charge on any atom is -0.465 e. The number of carbonyl (C=O) groups is 1. The molecule has 190 valence electrons. The molecule has 6 rings (SSSR count). The topological polar surface area (TPSA) is 123 Å². The van der Waals surface area contributed by atoms with Crippen molar-refractivity contribution in [3.63, 3.8) is 0 Å². The van der Waals surface area contributed by atoms with Gasteiger partial charge in [0.25, 0.3) is 0 Å². The summed E-state index contributed by atoms with van der Waals surface area (Å²) < 4.78 is 18.6. The van der Waals surface area contributed by atoms with Gasteiger partial charge in [-0.2, -0.15) is 0 Å². The lowest BCUT2D eigenvalue weighted by Gasteiger charge is -2.36. The maximum atomic E-state index is 12.3. The Balaban J connectivity index is 1.42. The average molecular weight is 503 g/mol. The lowest BCUT2D eigenvalue weighted by molar-refractivity contribution is -0.234. The second-order valence-corrected chi connectivity index (χ2v) is 9.33. The number of carbonyl (C=O) groups excluding carboxylic acids is 1. The maximum absolute atomic E-state index is 12.3. The molecule has 0 aliphatic carbocycles. The van der Waals surface area contributed by atoms with Gasteiger partial charge in [-0.05, 0) is 34.5 Å². The molecule has 9 nitrogen and oxygen atoms in total. The molecule has 4 aromatic rings. The van der Waals surface area contributed by atoms with E-state index >= 15 is 0 Å². The van der Waals surface area contributed by atoms with E-state index in [-0.39, 0.29) is 5.90 Å². The SMILES string of the molecule is COC(=O)c1ccc2c(C3=N[C@@H]4C(O)[C@H](O)[C@@H](CO)O[C@@H]4O3)cn(Cc3ccc4ccccc4c3)c2c1.